The second kappa shape index (κ2) is 5.94. The average molecular weight is 313 g/mol. The monoisotopic (exact) mass is 313 g/mol. The van der Waals surface area contributed by atoms with Gasteiger partial charge in [-0.3, -0.25) is 4.79 Å². The van der Waals surface area contributed by atoms with E-state index in [1.165, 1.54) is 44.1 Å². The van der Waals surface area contributed by atoms with Gasteiger partial charge in [-0.1, -0.05) is 30.3 Å². The van der Waals surface area contributed by atoms with E-state index in [-0.39, 0.29) is 11.4 Å². The number of benzene rings is 1. The maximum absolute atomic E-state index is 12.5. The number of carbonyl (C=O) groups excluding carboxylic acids is 1. The SMILES string of the molecule is C[C@@H]([NH2+]CC(=O)NC12CC3CC(CC(C3)C1)C2)c1ccccc1. The smallest absolute Gasteiger partial charge is 0.275 e. The summed E-state index contributed by atoms with van der Waals surface area (Å²) < 4.78 is 0. The fourth-order valence-electron chi connectivity index (χ4n) is 5.79. The van der Waals surface area contributed by atoms with E-state index in [1.54, 1.807) is 0 Å². The molecule has 0 radical (unpaired) electrons. The molecule has 0 heterocycles. The Hall–Kier alpha value is -1.35. The molecule has 1 aromatic carbocycles. The minimum Gasteiger partial charge on any atom is -0.346 e. The maximum Gasteiger partial charge on any atom is 0.275 e. The lowest BCUT2D eigenvalue weighted by Crippen LogP contribution is -2.87. The summed E-state index contributed by atoms with van der Waals surface area (Å²) in [6.07, 6.45) is 7.97. The van der Waals surface area contributed by atoms with Crippen LogP contribution in [-0.4, -0.2) is 18.0 Å². The van der Waals surface area contributed by atoms with Crippen LogP contribution in [-0.2, 0) is 4.79 Å². The third-order valence-corrected chi connectivity index (χ3v) is 6.42. The average Bonchev–Trinajstić information content (AvgIpc) is 2.51. The van der Waals surface area contributed by atoms with E-state index in [0.717, 1.165) is 17.8 Å². The molecule has 0 spiro atoms. The van der Waals surface area contributed by atoms with E-state index in [1.807, 2.05) is 6.07 Å². The minimum absolute atomic E-state index is 0.148. The Bertz CT molecular complexity index is 533. The number of rotatable bonds is 5. The van der Waals surface area contributed by atoms with E-state index in [4.69, 9.17) is 0 Å². The summed E-state index contributed by atoms with van der Waals surface area (Å²) in [4.78, 5) is 12.5. The normalized spacial score (nSPS) is 36.0. The molecule has 3 nitrogen and oxygen atoms in total. The topological polar surface area (TPSA) is 45.7 Å². The molecule has 1 aromatic rings. The van der Waals surface area contributed by atoms with Gasteiger partial charge < -0.3 is 10.6 Å². The molecule has 3 N–H and O–H groups in total. The highest BCUT2D eigenvalue weighted by atomic mass is 16.2. The molecule has 23 heavy (non-hydrogen) atoms. The summed E-state index contributed by atoms with van der Waals surface area (Å²) in [5.41, 5.74) is 1.44. The van der Waals surface area contributed by atoms with Crippen molar-refractivity contribution in [2.45, 2.75) is 57.0 Å². The van der Waals surface area contributed by atoms with Crippen molar-refractivity contribution in [1.82, 2.24) is 5.32 Å². The van der Waals surface area contributed by atoms with Crippen LogP contribution >= 0.6 is 0 Å². The lowest BCUT2D eigenvalue weighted by molar-refractivity contribution is -0.682. The fraction of sp³-hybridized carbons (Fsp3) is 0.650. The molecule has 4 bridgehead atoms. The number of nitrogens with one attached hydrogen (secondary N) is 1. The van der Waals surface area contributed by atoms with Crippen molar-refractivity contribution in [2.75, 3.05) is 6.54 Å². The van der Waals surface area contributed by atoms with Crippen molar-refractivity contribution < 1.29 is 10.1 Å². The largest absolute Gasteiger partial charge is 0.346 e. The molecule has 0 aromatic heterocycles. The van der Waals surface area contributed by atoms with Gasteiger partial charge in [0.25, 0.3) is 5.91 Å². The molecule has 3 heteroatoms. The van der Waals surface area contributed by atoms with E-state index < -0.39 is 0 Å². The van der Waals surface area contributed by atoms with E-state index in [9.17, 15) is 4.79 Å². The van der Waals surface area contributed by atoms with Crippen LogP contribution in [0.5, 0.6) is 0 Å². The highest BCUT2D eigenvalue weighted by molar-refractivity contribution is 5.77. The number of hydrogen-bond donors (Lipinski definition) is 2. The van der Waals surface area contributed by atoms with Gasteiger partial charge in [-0.2, -0.15) is 0 Å². The quantitative estimate of drug-likeness (QED) is 0.861. The zero-order valence-electron chi connectivity index (χ0n) is 14.1. The van der Waals surface area contributed by atoms with Crippen LogP contribution in [0.25, 0.3) is 0 Å². The van der Waals surface area contributed by atoms with Crippen molar-refractivity contribution >= 4 is 5.91 Å². The van der Waals surface area contributed by atoms with Crippen LogP contribution in [0, 0.1) is 17.8 Å². The third-order valence-electron chi connectivity index (χ3n) is 6.42. The summed E-state index contributed by atoms with van der Waals surface area (Å²) in [5.74, 6) is 2.88. The number of amides is 1. The van der Waals surface area contributed by atoms with Crippen LogP contribution in [0.15, 0.2) is 30.3 Å². The zero-order chi connectivity index (χ0) is 15.9. The molecule has 4 aliphatic carbocycles. The highest BCUT2D eigenvalue weighted by Crippen LogP contribution is 2.55. The predicted octanol–water partition coefficient (Wildman–Crippen LogP) is 2.40. The summed E-state index contributed by atoms with van der Waals surface area (Å²) in [6, 6.07) is 10.8. The van der Waals surface area contributed by atoms with Gasteiger partial charge in [0.2, 0.25) is 0 Å². The second-order valence-electron chi connectivity index (χ2n) is 8.39. The van der Waals surface area contributed by atoms with E-state index in [0.29, 0.717) is 12.6 Å². The first-order valence-electron chi connectivity index (χ1n) is 9.31. The lowest BCUT2D eigenvalue weighted by Gasteiger charge is -2.56. The highest BCUT2D eigenvalue weighted by Gasteiger charge is 2.51. The van der Waals surface area contributed by atoms with Crippen LogP contribution in [0.1, 0.15) is 57.1 Å². The summed E-state index contributed by atoms with van der Waals surface area (Å²) in [5, 5.41) is 5.62. The Labute approximate surface area is 139 Å². The van der Waals surface area contributed by atoms with Crippen molar-refractivity contribution in [1.29, 1.82) is 0 Å². The Morgan fingerprint density at radius 1 is 1.13 bits per heavy atom. The molecule has 4 aliphatic rings. The lowest BCUT2D eigenvalue weighted by atomic mass is 9.53. The first kappa shape index (κ1) is 15.2. The standard InChI is InChI=1S/C20H28N2O/c1-14(18-5-3-2-4-6-18)21-13-19(23)22-20-10-15-7-16(11-20)9-17(8-15)12-20/h2-6,14-17,21H,7-13H2,1H3,(H,22,23)/p+1/t14-,15?,16?,17?,20?/m1/s1. The fourth-order valence-corrected chi connectivity index (χ4v) is 5.79. The van der Waals surface area contributed by atoms with Gasteiger partial charge in [0, 0.05) is 11.1 Å². The first-order chi connectivity index (χ1) is 11.1. The van der Waals surface area contributed by atoms with Gasteiger partial charge in [0.1, 0.15) is 6.04 Å². The molecule has 4 saturated carbocycles. The number of carbonyl (C=O) groups is 1. The van der Waals surface area contributed by atoms with Gasteiger partial charge in [-0.25, -0.2) is 0 Å². The Kier molecular flexibility index (Phi) is 3.92. The van der Waals surface area contributed by atoms with Crippen LogP contribution in [0.2, 0.25) is 0 Å². The Morgan fingerprint density at radius 3 is 2.26 bits per heavy atom. The van der Waals surface area contributed by atoms with Crippen molar-refractivity contribution in [3.05, 3.63) is 35.9 Å². The molecule has 5 rings (SSSR count). The molecule has 0 unspecified atom stereocenters. The minimum atomic E-state index is 0.148. The first-order valence-corrected chi connectivity index (χ1v) is 9.31. The summed E-state index contributed by atoms with van der Waals surface area (Å²) >= 11 is 0. The molecule has 1 amide bonds. The number of nitrogens with two attached hydrogens (primary N) is 1. The Balaban J connectivity index is 1.32. The van der Waals surface area contributed by atoms with Crippen LogP contribution < -0.4 is 10.6 Å². The molecule has 0 aliphatic heterocycles. The number of quaternary nitrogens is 1. The third kappa shape index (κ3) is 3.16. The van der Waals surface area contributed by atoms with Crippen molar-refractivity contribution in [3.8, 4) is 0 Å². The summed E-state index contributed by atoms with van der Waals surface area (Å²) in [6.45, 7) is 2.71. The van der Waals surface area contributed by atoms with Gasteiger partial charge in [-0.15, -0.1) is 0 Å². The van der Waals surface area contributed by atoms with Crippen molar-refractivity contribution in [2.24, 2.45) is 17.8 Å². The van der Waals surface area contributed by atoms with E-state index in [2.05, 4.69) is 41.8 Å². The summed E-state index contributed by atoms with van der Waals surface area (Å²) in [7, 11) is 0. The molecule has 0 saturated heterocycles. The molecular weight excluding hydrogens is 284 g/mol. The van der Waals surface area contributed by atoms with Gasteiger partial charge in [-0.05, 0) is 63.2 Å². The van der Waals surface area contributed by atoms with Crippen molar-refractivity contribution in [3.63, 3.8) is 0 Å². The van der Waals surface area contributed by atoms with Gasteiger partial charge in [0.15, 0.2) is 6.54 Å². The van der Waals surface area contributed by atoms with E-state index >= 15 is 0 Å². The second-order valence-corrected chi connectivity index (χ2v) is 8.39. The molecule has 124 valence electrons. The number of hydrogen-bond acceptors (Lipinski definition) is 1. The van der Waals surface area contributed by atoms with Crippen LogP contribution in [0.3, 0.4) is 0 Å². The maximum atomic E-state index is 12.5. The predicted molar refractivity (Wildman–Crippen MR) is 90.7 cm³/mol. The molecular formula is C20H29N2O+. The molecule has 1 atom stereocenters. The van der Waals surface area contributed by atoms with Gasteiger partial charge >= 0.3 is 0 Å². The zero-order valence-corrected chi connectivity index (χ0v) is 14.1. The molecule has 4 fully saturated rings. The van der Waals surface area contributed by atoms with Crippen LogP contribution in [0.4, 0.5) is 0 Å². The van der Waals surface area contributed by atoms with Gasteiger partial charge in [0.05, 0.1) is 0 Å². The Morgan fingerprint density at radius 2 is 1.70 bits per heavy atom.